The molecule has 18 heavy (non-hydrogen) atoms. The van der Waals surface area contributed by atoms with Crippen molar-refractivity contribution in [3.63, 3.8) is 0 Å². The number of anilines is 2. The van der Waals surface area contributed by atoms with Crippen LogP contribution in [0.25, 0.3) is 0 Å². The van der Waals surface area contributed by atoms with Crippen LogP contribution in [0.2, 0.25) is 0 Å². The number of hydrazine groups is 1. The van der Waals surface area contributed by atoms with Crippen LogP contribution in [0.3, 0.4) is 0 Å². The number of amides is 1. The number of nitrogens with zero attached hydrogens (tertiary/aromatic N) is 3. The Bertz CT molecular complexity index is 559. The predicted octanol–water partition coefficient (Wildman–Crippen LogP) is 1.17. The Morgan fingerprint density at radius 1 is 1.22 bits per heavy atom. The Kier molecular flexibility index (Phi) is 3.80. The molecule has 0 fully saturated rings. The van der Waals surface area contributed by atoms with Gasteiger partial charge in [-0.2, -0.15) is 0 Å². The first-order chi connectivity index (χ1) is 8.69. The van der Waals surface area contributed by atoms with Gasteiger partial charge in [0.05, 0.1) is 12.4 Å². The SMILES string of the molecule is NNc1cc(C(=O)Nc2cnc(Br)cn2)ccn1. The summed E-state index contributed by atoms with van der Waals surface area (Å²) in [4.78, 5) is 23.7. The number of nitrogens with two attached hydrogens (primary N) is 1. The highest BCUT2D eigenvalue weighted by atomic mass is 79.9. The summed E-state index contributed by atoms with van der Waals surface area (Å²) in [5, 5.41) is 2.61. The fraction of sp³-hybridized carbons (Fsp3) is 0. The van der Waals surface area contributed by atoms with Crippen LogP contribution < -0.4 is 16.6 Å². The fourth-order valence-corrected chi connectivity index (χ4v) is 1.42. The number of hydrogen-bond donors (Lipinski definition) is 3. The molecule has 0 aromatic carbocycles. The maximum absolute atomic E-state index is 11.9. The highest BCUT2D eigenvalue weighted by Crippen LogP contribution is 2.10. The summed E-state index contributed by atoms with van der Waals surface area (Å²) in [6.07, 6.45) is 4.43. The molecule has 0 aliphatic carbocycles. The smallest absolute Gasteiger partial charge is 0.257 e. The fourth-order valence-electron chi connectivity index (χ4n) is 1.22. The van der Waals surface area contributed by atoms with E-state index in [1.807, 2.05) is 0 Å². The maximum Gasteiger partial charge on any atom is 0.257 e. The van der Waals surface area contributed by atoms with Gasteiger partial charge in [-0.15, -0.1) is 0 Å². The van der Waals surface area contributed by atoms with Crippen molar-refractivity contribution in [1.82, 2.24) is 15.0 Å². The molecule has 0 aliphatic rings. The molecule has 2 aromatic heterocycles. The molecule has 1 amide bonds. The molecule has 0 saturated carbocycles. The molecule has 0 unspecified atom stereocenters. The van der Waals surface area contributed by atoms with Crippen LogP contribution in [0, 0.1) is 0 Å². The van der Waals surface area contributed by atoms with Crippen LogP contribution in [-0.4, -0.2) is 20.9 Å². The number of carbonyl (C=O) groups excluding carboxylic acids is 1. The van der Waals surface area contributed by atoms with Gasteiger partial charge in [0.2, 0.25) is 0 Å². The normalized spacial score (nSPS) is 9.89. The van der Waals surface area contributed by atoms with Crippen molar-refractivity contribution in [3.8, 4) is 0 Å². The summed E-state index contributed by atoms with van der Waals surface area (Å²) in [5.74, 6) is 5.67. The first kappa shape index (κ1) is 12.4. The number of carbonyl (C=O) groups is 1. The Hall–Kier alpha value is -2.06. The zero-order valence-corrected chi connectivity index (χ0v) is 10.7. The number of halogens is 1. The van der Waals surface area contributed by atoms with Crippen molar-refractivity contribution >= 4 is 33.5 Å². The lowest BCUT2D eigenvalue weighted by Crippen LogP contribution is -2.15. The van der Waals surface area contributed by atoms with E-state index in [9.17, 15) is 4.79 Å². The molecular formula is C10H9BrN6O. The van der Waals surface area contributed by atoms with E-state index >= 15 is 0 Å². The van der Waals surface area contributed by atoms with E-state index in [2.05, 4.69) is 41.6 Å². The van der Waals surface area contributed by atoms with E-state index in [0.29, 0.717) is 21.8 Å². The second kappa shape index (κ2) is 5.52. The average molecular weight is 309 g/mol. The molecule has 2 rings (SSSR count). The Balaban J connectivity index is 2.14. The molecular weight excluding hydrogens is 300 g/mol. The summed E-state index contributed by atoms with van der Waals surface area (Å²) in [5.41, 5.74) is 2.79. The number of hydrogen-bond acceptors (Lipinski definition) is 6. The van der Waals surface area contributed by atoms with Gasteiger partial charge < -0.3 is 10.7 Å². The van der Waals surface area contributed by atoms with Crippen LogP contribution in [0.1, 0.15) is 10.4 Å². The molecule has 0 saturated heterocycles. The zero-order valence-electron chi connectivity index (χ0n) is 9.09. The van der Waals surface area contributed by atoms with Gasteiger partial charge in [0.15, 0.2) is 5.82 Å². The van der Waals surface area contributed by atoms with Crippen molar-refractivity contribution in [3.05, 3.63) is 40.9 Å². The minimum Gasteiger partial charge on any atom is -0.308 e. The first-order valence-electron chi connectivity index (χ1n) is 4.90. The molecule has 92 valence electrons. The van der Waals surface area contributed by atoms with Crippen molar-refractivity contribution < 1.29 is 4.79 Å². The van der Waals surface area contributed by atoms with Crippen molar-refractivity contribution in [2.24, 2.45) is 5.84 Å². The standard InChI is InChI=1S/C10H9BrN6O/c11-7-4-15-9(5-14-7)16-10(18)6-1-2-13-8(3-6)17-12/h1-5H,12H2,(H,13,17)(H,15,16,18). The minimum atomic E-state index is -0.314. The number of nitrogen functional groups attached to an aromatic ring is 1. The van der Waals surface area contributed by atoms with Gasteiger partial charge in [0.25, 0.3) is 5.91 Å². The van der Waals surface area contributed by atoms with Crippen LogP contribution >= 0.6 is 15.9 Å². The molecule has 4 N–H and O–H groups in total. The van der Waals surface area contributed by atoms with Crippen molar-refractivity contribution in [2.75, 3.05) is 10.7 Å². The third-order valence-electron chi connectivity index (χ3n) is 2.03. The molecule has 0 bridgehead atoms. The second-order valence-corrected chi connectivity index (χ2v) is 4.07. The molecule has 7 nitrogen and oxygen atoms in total. The number of aromatic nitrogens is 3. The molecule has 0 aliphatic heterocycles. The molecule has 2 aromatic rings. The number of nitrogens with one attached hydrogen (secondary N) is 2. The highest BCUT2D eigenvalue weighted by Gasteiger charge is 2.08. The van der Waals surface area contributed by atoms with E-state index in [1.165, 1.54) is 24.7 Å². The predicted molar refractivity (Wildman–Crippen MR) is 69.7 cm³/mol. The summed E-state index contributed by atoms with van der Waals surface area (Å²) < 4.78 is 0.596. The zero-order chi connectivity index (χ0) is 13.0. The average Bonchev–Trinajstić information content (AvgIpc) is 2.41. The summed E-state index contributed by atoms with van der Waals surface area (Å²) in [6.45, 7) is 0. The third kappa shape index (κ3) is 2.99. The molecule has 2 heterocycles. The lowest BCUT2D eigenvalue weighted by molar-refractivity contribution is 0.102. The van der Waals surface area contributed by atoms with Gasteiger partial charge in [-0.3, -0.25) is 4.79 Å². The van der Waals surface area contributed by atoms with E-state index in [0.717, 1.165) is 0 Å². The third-order valence-corrected chi connectivity index (χ3v) is 2.44. The van der Waals surface area contributed by atoms with Crippen LogP contribution in [0.5, 0.6) is 0 Å². The summed E-state index contributed by atoms with van der Waals surface area (Å²) in [7, 11) is 0. The van der Waals surface area contributed by atoms with Crippen molar-refractivity contribution in [1.29, 1.82) is 0 Å². The van der Waals surface area contributed by atoms with E-state index in [4.69, 9.17) is 5.84 Å². The van der Waals surface area contributed by atoms with Gasteiger partial charge in [-0.1, -0.05) is 0 Å². The lowest BCUT2D eigenvalue weighted by Gasteiger charge is -2.05. The topological polar surface area (TPSA) is 106 Å². The lowest BCUT2D eigenvalue weighted by atomic mass is 10.2. The molecule has 0 radical (unpaired) electrons. The summed E-state index contributed by atoms with van der Waals surface area (Å²) in [6, 6.07) is 3.10. The van der Waals surface area contributed by atoms with Crippen LogP contribution in [-0.2, 0) is 0 Å². The quantitative estimate of drug-likeness (QED) is 0.580. The molecule has 0 atom stereocenters. The first-order valence-corrected chi connectivity index (χ1v) is 5.70. The Morgan fingerprint density at radius 3 is 2.72 bits per heavy atom. The monoisotopic (exact) mass is 308 g/mol. The number of rotatable bonds is 3. The second-order valence-electron chi connectivity index (χ2n) is 3.25. The van der Waals surface area contributed by atoms with Gasteiger partial charge in [-0.25, -0.2) is 20.8 Å². The Labute approximate surface area is 111 Å². The number of pyridine rings is 1. The van der Waals surface area contributed by atoms with Gasteiger partial charge in [-0.05, 0) is 28.1 Å². The highest BCUT2D eigenvalue weighted by molar-refractivity contribution is 9.10. The van der Waals surface area contributed by atoms with E-state index < -0.39 is 0 Å². The molecule has 8 heteroatoms. The van der Waals surface area contributed by atoms with E-state index in [1.54, 1.807) is 6.07 Å². The minimum absolute atomic E-state index is 0.314. The van der Waals surface area contributed by atoms with Crippen molar-refractivity contribution in [2.45, 2.75) is 0 Å². The van der Waals surface area contributed by atoms with Gasteiger partial charge in [0.1, 0.15) is 10.4 Å². The van der Waals surface area contributed by atoms with Gasteiger partial charge in [0, 0.05) is 11.8 Å². The van der Waals surface area contributed by atoms with Gasteiger partial charge >= 0.3 is 0 Å². The Morgan fingerprint density at radius 2 is 2.06 bits per heavy atom. The maximum atomic E-state index is 11.9. The van der Waals surface area contributed by atoms with E-state index in [-0.39, 0.29) is 5.91 Å². The van der Waals surface area contributed by atoms with Crippen LogP contribution in [0.15, 0.2) is 35.3 Å². The summed E-state index contributed by atoms with van der Waals surface area (Å²) >= 11 is 3.16. The molecule has 0 spiro atoms. The van der Waals surface area contributed by atoms with Crippen LogP contribution in [0.4, 0.5) is 11.6 Å². The largest absolute Gasteiger partial charge is 0.308 e.